The third-order valence-corrected chi connectivity index (χ3v) is 2.14. The third kappa shape index (κ3) is 1.66. The van der Waals surface area contributed by atoms with E-state index in [-0.39, 0.29) is 6.04 Å². The summed E-state index contributed by atoms with van der Waals surface area (Å²) in [7, 11) is 1.96. The molecule has 0 aromatic rings. The molecule has 0 heterocycles. The smallest absolute Gasteiger partial charge is 0.0366 e. The zero-order chi connectivity index (χ0) is 6.69. The molecule has 1 rings (SSSR count). The van der Waals surface area contributed by atoms with Gasteiger partial charge in [-0.05, 0) is 19.9 Å². The Morgan fingerprint density at radius 2 is 2.00 bits per heavy atom. The van der Waals surface area contributed by atoms with Crippen LogP contribution in [0.25, 0.3) is 0 Å². The summed E-state index contributed by atoms with van der Waals surface area (Å²) in [5, 5.41) is 3.17. The van der Waals surface area contributed by atoms with Crippen molar-refractivity contribution in [3.8, 4) is 0 Å². The monoisotopic (exact) mass is 127 g/mol. The van der Waals surface area contributed by atoms with Crippen LogP contribution in [0.15, 0.2) is 0 Å². The summed E-state index contributed by atoms with van der Waals surface area (Å²) in [5.41, 5.74) is 7.57. The van der Waals surface area contributed by atoms with E-state index in [0.717, 1.165) is 6.42 Å². The summed E-state index contributed by atoms with van der Waals surface area (Å²) < 4.78 is 0. The molecule has 1 aliphatic carbocycles. The van der Waals surface area contributed by atoms with E-state index in [9.17, 15) is 0 Å². The molecule has 0 aliphatic heterocycles. The second-order valence-corrected chi connectivity index (χ2v) is 2.79. The molecule has 2 heteroatoms. The SMILES string of the molecule is CNC1CCCCC1[NH]. The lowest BCUT2D eigenvalue weighted by atomic mass is 9.91. The fraction of sp³-hybridized carbons (Fsp3) is 1.00. The van der Waals surface area contributed by atoms with Crippen molar-refractivity contribution >= 4 is 0 Å². The first-order valence-electron chi connectivity index (χ1n) is 3.73. The lowest BCUT2D eigenvalue weighted by Gasteiger charge is -2.26. The van der Waals surface area contributed by atoms with E-state index in [0.29, 0.717) is 6.04 Å². The van der Waals surface area contributed by atoms with Crippen LogP contribution in [0.5, 0.6) is 0 Å². The number of hydrogen-bond acceptors (Lipinski definition) is 1. The Hall–Kier alpha value is -0.0800. The first-order chi connectivity index (χ1) is 4.34. The van der Waals surface area contributed by atoms with Gasteiger partial charge in [0.25, 0.3) is 0 Å². The molecule has 0 saturated heterocycles. The van der Waals surface area contributed by atoms with Crippen molar-refractivity contribution in [1.82, 2.24) is 11.1 Å². The van der Waals surface area contributed by atoms with E-state index in [1.807, 2.05) is 7.05 Å². The average Bonchev–Trinajstić information content (AvgIpc) is 1.89. The molecule has 0 aromatic carbocycles. The van der Waals surface area contributed by atoms with Gasteiger partial charge in [-0.15, -0.1) is 0 Å². The summed E-state index contributed by atoms with van der Waals surface area (Å²) in [4.78, 5) is 0. The molecule has 1 saturated carbocycles. The Balaban J connectivity index is 2.30. The Morgan fingerprint density at radius 3 is 2.44 bits per heavy atom. The van der Waals surface area contributed by atoms with Gasteiger partial charge in [0.15, 0.2) is 0 Å². The molecule has 0 bridgehead atoms. The van der Waals surface area contributed by atoms with Crippen molar-refractivity contribution in [3.05, 3.63) is 0 Å². The van der Waals surface area contributed by atoms with Gasteiger partial charge in [0, 0.05) is 12.1 Å². The van der Waals surface area contributed by atoms with Crippen molar-refractivity contribution in [2.75, 3.05) is 7.05 Å². The van der Waals surface area contributed by atoms with Gasteiger partial charge in [0.1, 0.15) is 0 Å². The maximum atomic E-state index is 7.57. The van der Waals surface area contributed by atoms with Gasteiger partial charge in [-0.2, -0.15) is 0 Å². The second kappa shape index (κ2) is 3.18. The maximum Gasteiger partial charge on any atom is 0.0366 e. The summed E-state index contributed by atoms with van der Waals surface area (Å²) in [6, 6.07) is 0.627. The fourth-order valence-corrected chi connectivity index (χ4v) is 1.48. The average molecular weight is 127 g/mol. The summed E-state index contributed by atoms with van der Waals surface area (Å²) in [6.45, 7) is 0. The lowest BCUT2D eigenvalue weighted by Crippen LogP contribution is -2.40. The van der Waals surface area contributed by atoms with Gasteiger partial charge in [-0.25, -0.2) is 0 Å². The minimum absolute atomic E-state index is 0.156. The zero-order valence-corrected chi connectivity index (χ0v) is 5.98. The summed E-state index contributed by atoms with van der Waals surface area (Å²) >= 11 is 0. The molecule has 2 atom stereocenters. The highest BCUT2D eigenvalue weighted by Gasteiger charge is 2.19. The van der Waals surface area contributed by atoms with Crippen molar-refractivity contribution in [2.45, 2.75) is 37.8 Å². The largest absolute Gasteiger partial charge is 0.315 e. The predicted octanol–water partition coefficient (Wildman–Crippen LogP) is 0.800. The Bertz CT molecular complexity index is 83.0. The molecule has 0 aromatic heterocycles. The lowest BCUT2D eigenvalue weighted by molar-refractivity contribution is 0.337. The van der Waals surface area contributed by atoms with Gasteiger partial charge < -0.3 is 5.32 Å². The topological polar surface area (TPSA) is 35.8 Å². The van der Waals surface area contributed by atoms with E-state index in [2.05, 4.69) is 5.32 Å². The van der Waals surface area contributed by atoms with E-state index in [1.165, 1.54) is 19.3 Å². The zero-order valence-electron chi connectivity index (χ0n) is 5.98. The molecule has 0 spiro atoms. The second-order valence-electron chi connectivity index (χ2n) is 2.79. The van der Waals surface area contributed by atoms with Crippen LogP contribution in [0.4, 0.5) is 0 Å². The van der Waals surface area contributed by atoms with Crippen LogP contribution in [0.3, 0.4) is 0 Å². The minimum Gasteiger partial charge on any atom is -0.315 e. The van der Waals surface area contributed by atoms with E-state index in [4.69, 9.17) is 5.73 Å². The quantitative estimate of drug-likeness (QED) is 0.555. The van der Waals surface area contributed by atoms with Crippen LogP contribution >= 0.6 is 0 Å². The minimum atomic E-state index is 0.156. The fourth-order valence-electron chi connectivity index (χ4n) is 1.48. The molecule has 0 amide bonds. The molecular weight excluding hydrogens is 112 g/mol. The van der Waals surface area contributed by atoms with Gasteiger partial charge in [0.2, 0.25) is 0 Å². The Labute approximate surface area is 56.8 Å². The predicted molar refractivity (Wildman–Crippen MR) is 38.2 cm³/mol. The molecule has 1 radical (unpaired) electrons. The molecule has 9 heavy (non-hydrogen) atoms. The standard InChI is InChI=1S/C7H15N2/c1-9-7-5-3-2-4-6(7)8/h6-9H,2-5H2,1H3. The van der Waals surface area contributed by atoms with E-state index in [1.54, 1.807) is 0 Å². The Morgan fingerprint density at radius 1 is 1.33 bits per heavy atom. The highest BCUT2D eigenvalue weighted by atomic mass is 14.9. The maximum absolute atomic E-state index is 7.57. The molecule has 53 valence electrons. The third-order valence-electron chi connectivity index (χ3n) is 2.14. The highest BCUT2D eigenvalue weighted by Crippen LogP contribution is 2.16. The van der Waals surface area contributed by atoms with Gasteiger partial charge in [-0.1, -0.05) is 12.8 Å². The van der Waals surface area contributed by atoms with Crippen molar-refractivity contribution < 1.29 is 0 Å². The van der Waals surface area contributed by atoms with Crippen LogP contribution in [0, 0.1) is 0 Å². The molecule has 1 fully saturated rings. The van der Waals surface area contributed by atoms with Crippen molar-refractivity contribution in [3.63, 3.8) is 0 Å². The van der Waals surface area contributed by atoms with Crippen LogP contribution in [-0.4, -0.2) is 19.1 Å². The van der Waals surface area contributed by atoms with Crippen LogP contribution < -0.4 is 11.1 Å². The van der Waals surface area contributed by atoms with Crippen molar-refractivity contribution in [2.24, 2.45) is 0 Å². The van der Waals surface area contributed by atoms with Crippen LogP contribution in [0.2, 0.25) is 0 Å². The molecule has 2 N–H and O–H groups in total. The molecule has 2 unspecified atom stereocenters. The first-order valence-corrected chi connectivity index (χ1v) is 3.73. The summed E-state index contributed by atoms with van der Waals surface area (Å²) in [5.74, 6) is 0. The van der Waals surface area contributed by atoms with Crippen LogP contribution in [-0.2, 0) is 0 Å². The number of nitrogens with one attached hydrogen (secondary N) is 2. The van der Waals surface area contributed by atoms with E-state index >= 15 is 0 Å². The highest BCUT2D eigenvalue weighted by molar-refractivity contribution is 4.81. The van der Waals surface area contributed by atoms with Gasteiger partial charge in [0.05, 0.1) is 0 Å². The number of hydrogen-bond donors (Lipinski definition) is 1. The van der Waals surface area contributed by atoms with Crippen molar-refractivity contribution in [1.29, 1.82) is 0 Å². The molecule has 1 aliphatic rings. The first kappa shape index (κ1) is 7.03. The van der Waals surface area contributed by atoms with Gasteiger partial charge in [-0.3, -0.25) is 5.73 Å². The molecular formula is C7H15N2. The number of rotatable bonds is 1. The summed E-state index contributed by atoms with van der Waals surface area (Å²) in [6.07, 6.45) is 4.85. The van der Waals surface area contributed by atoms with E-state index < -0.39 is 0 Å². The van der Waals surface area contributed by atoms with Gasteiger partial charge >= 0.3 is 0 Å². The Kier molecular flexibility index (Phi) is 2.49. The molecule has 2 nitrogen and oxygen atoms in total. The van der Waals surface area contributed by atoms with Crippen LogP contribution in [0.1, 0.15) is 25.7 Å². The normalized spacial score (nSPS) is 36.7. The number of likely N-dealkylation sites (N-methyl/N-ethyl adjacent to an activating group) is 1.